The minimum Gasteiger partial charge on any atom is -0.448 e. The van der Waals surface area contributed by atoms with E-state index in [0.29, 0.717) is 5.69 Å². The molecule has 0 aliphatic heterocycles. The number of hydrogen-bond donors (Lipinski definition) is 2. The summed E-state index contributed by atoms with van der Waals surface area (Å²) in [5, 5.41) is 20.1. The Kier molecular flexibility index (Phi) is 6.03. The molecule has 0 bridgehead atoms. The topological polar surface area (TPSA) is 127 Å². The van der Waals surface area contributed by atoms with Crippen LogP contribution in [0.25, 0.3) is 11.3 Å². The molecule has 9 nitrogen and oxygen atoms in total. The van der Waals surface area contributed by atoms with Crippen LogP contribution >= 0.6 is 15.9 Å². The smallest absolute Gasteiger partial charge is 0.357 e. The molecule has 10 heteroatoms. The number of aromatic nitrogens is 2. The van der Waals surface area contributed by atoms with Crippen LogP contribution in [0.2, 0.25) is 0 Å². The van der Waals surface area contributed by atoms with Gasteiger partial charge in [0.15, 0.2) is 6.10 Å². The molecule has 148 valence electrons. The van der Waals surface area contributed by atoms with Crippen LogP contribution in [-0.2, 0) is 9.53 Å². The lowest BCUT2D eigenvalue weighted by Gasteiger charge is -2.12. The van der Waals surface area contributed by atoms with E-state index in [1.165, 1.54) is 31.2 Å². The quantitative estimate of drug-likeness (QED) is 0.327. The van der Waals surface area contributed by atoms with Crippen LogP contribution in [0.3, 0.4) is 0 Å². The number of anilines is 1. The fourth-order valence-electron chi connectivity index (χ4n) is 2.45. The van der Waals surface area contributed by atoms with Gasteiger partial charge in [-0.2, -0.15) is 5.10 Å². The standard InChI is InChI=1S/C19H15BrN4O5/c1-11(18(25)21-14-4-2-3-5-17(14)24(27)28)29-19(26)16-10-15(22-23-16)12-6-8-13(20)9-7-12/h2-11H,1H3,(H,21,25)(H,22,23)/t11-/m0/s1. The van der Waals surface area contributed by atoms with Crippen molar-refractivity contribution in [3.63, 3.8) is 0 Å². The van der Waals surface area contributed by atoms with E-state index in [4.69, 9.17) is 4.74 Å². The number of nitro groups is 1. The Hall–Kier alpha value is -3.53. The van der Waals surface area contributed by atoms with Gasteiger partial charge in [-0.3, -0.25) is 20.0 Å². The minimum atomic E-state index is -1.18. The van der Waals surface area contributed by atoms with E-state index in [9.17, 15) is 19.7 Å². The molecule has 1 amide bonds. The van der Waals surface area contributed by atoms with Crippen molar-refractivity contribution in [1.29, 1.82) is 0 Å². The maximum atomic E-state index is 12.3. The number of ether oxygens (including phenoxy) is 1. The molecule has 29 heavy (non-hydrogen) atoms. The Morgan fingerprint density at radius 2 is 1.90 bits per heavy atom. The molecule has 0 fully saturated rings. The Morgan fingerprint density at radius 3 is 2.59 bits per heavy atom. The van der Waals surface area contributed by atoms with Gasteiger partial charge in [-0.05, 0) is 31.2 Å². The van der Waals surface area contributed by atoms with Gasteiger partial charge in [0, 0.05) is 16.1 Å². The molecular weight excluding hydrogens is 444 g/mol. The van der Waals surface area contributed by atoms with Crippen LogP contribution in [0.15, 0.2) is 59.1 Å². The normalized spacial score (nSPS) is 11.5. The zero-order valence-corrected chi connectivity index (χ0v) is 16.7. The Bertz CT molecular complexity index is 1060. The highest BCUT2D eigenvalue weighted by atomic mass is 79.9. The molecule has 1 aromatic heterocycles. The van der Waals surface area contributed by atoms with Crippen molar-refractivity contribution in [2.24, 2.45) is 0 Å². The number of carbonyl (C=O) groups excluding carboxylic acids is 2. The molecular formula is C19H15BrN4O5. The fraction of sp³-hybridized carbons (Fsp3) is 0.105. The van der Waals surface area contributed by atoms with Crippen LogP contribution in [-0.4, -0.2) is 33.1 Å². The lowest BCUT2D eigenvalue weighted by Crippen LogP contribution is -2.30. The summed E-state index contributed by atoms with van der Waals surface area (Å²) in [4.78, 5) is 35.0. The zero-order chi connectivity index (χ0) is 21.0. The average molecular weight is 459 g/mol. The maximum absolute atomic E-state index is 12.3. The minimum absolute atomic E-state index is 0.0180. The summed E-state index contributed by atoms with van der Waals surface area (Å²) in [6.07, 6.45) is -1.18. The number of nitro benzene ring substituents is 1. The number of nitrogens with zero attached hydrogens (tertiary/aromatic N) is 2. The second-order valence-corrected chi connectivity index (χ2v) is 6.90. The first kappa shape index (κ1) is 20.2. The van der Waals surface area contributed by atoms with Gasteiger partial charge in [0.2, 0.25) is 0 Å². The van der Waals surface area contributed by atoms with Crippen molar-refractivity contribution in [3.8, 4) is 11.3 Å². The number of H-pyrrole nitrogens is 1. The molecule has 0 aliphatic rings. The van der Waals surface area contributed by atoms with E-state index in [0.717, 1.165) is 10.0 Å². The third-order valence-corrected chi connectivity index (χ3v) is 4.48. The number of nitrogens with one attached hydrogen (secondary N) is 2. The number of hydrogen-bond acceptors (Lipinski definition) is 6. The Labute approximate surface area is 173 Å². The summed E-state index contributed by atoms with van der Waals surface area (Å²) in [5.41, 5.74) is 1.18. The predicted octanol–water partition coefficient (Wildman–Crippen LogP) is 3.93. The van der Waals surface area contributed by atoms with Gasteiger partial charge in [-0.25, -0.2) is 4.79 Å². The number of halogens is 1. The third-order valence-electron chi connectivity index (χ3n) is 3.95. The Morgan fingerprint density at radius 1 is 1.21 bits per heavy atom. The van der Waals surface area contributed by atoms with Gasteiger partial charge < -0.3 is 10.1 Å². The monoisotopic (exact) mass is 458 g/mol. The zero-order valence-electron chi connectivity index (χ0n) is 15.1. The summed E-state index contributed by atoms with van der Waals surface area (Å²) in [7, 11) is 0. The fourth-order valence-corrected chi connectivity index (χ4v) is 2.71. The highest BCUT2D eigenvalue weighted by molar-refractivity contribution is 9.10. The van der Waals surface area contributed by atoms with Gasteiger partial charge in [0.25, 0.3) is 11.6 Å². The van der Waals surface area contributed by atoms with E-state index in [1.807, 2.05) is 24.3 Å². The van der Waals surface area contributed by atoms with Gasteiger partial charge in [-0.1, -0.05) is 40.2 Å². The maximum Gasteiger partial charge on any atom is 0.357 e. The molecule has 0 saturated heterocycles. The van der Waals surface area contributed by atoms with Crippen LogP contribution in [0, 0.1) is 10.1 Å². The number of carbonyl (C=O) groups is 2. The van der Waals surface area contributed by atoms with Gasteiger partial charge >= 0.3 is 5.97 Å². The van der Waals surface area contributed by atoms with Crippen molar-refractivity contribution in [2.75, 3.05) is 5.32 Å². The molecule has 0 aliphatic carbocycles. The number of esters is 1. The summed E-state index contributed by atoms with van der Waals surface area (Å²) in [6, 6.07) is 14.6. The van der Waals surface area contributed by atoms with Crippen molar-refractivity contribution >= 4 is 39.2 Å². The molecule has 2 aromatic carbocycles. The number of aromatic amines is 1. The molecule has 1 heterocycles. The van der Waals surface area contributed by atoms with E-state index >= 15 is 0 Å². The van der Waals surface area contributed by atoms with Crippen molar-refractivity contribution < 1.29 is 19.2 Å². The van der Waals surface area contributed by atoms with E-state index < -0.39 is 22.9 Å². The summed E-state index contributed by atoms with van der Waals surface area (Å²) in [5.74, 6) is -1.47. The Balaban J connectivity index is 1.65. The second-order valence-electron chi connectivity index (χ2n) is 5.98. The molecule has 0 saturated carbocycles. The van der Waals surface area contributed by atoms with E-state index in [1.54, 1.807) is 6.07 Å². The predicted molar refractivity (Wildman–Crippen MR) is 108 cm³/mol. The highest BCUT2D eigenvalue weighted by Crippen LogP contribution is 2.24. The summed E-state index contributed by atoms with van der Waals surface area (Å²) < 4.78 is 6.05. The molecule has 1 atom stereocenters. The number of para-hydroxylation sites is 2. The first-order valence-electron chi connectivity index (χ1n) is 8.42. The largest absolute Gasteiger partial charge is 0.448 e. The van der Waals surface area contributed by atoms with Crippen molar-refractivity contribution in [2.45, 2.75) is 13.0 Å². The molecule has 0 radical (unpaired) electrons. The van der Waals surface area contributed by atoms with Crippen LogP contribution < -0.4 is 5.32 Å². The third kappa shape index (κ3) is 4.85. The van der Waals surface area contributed by atoms with E-state index in [2.05, 4.69) is 31.4 Å². The molecule has 3 rings (SSSR count). The van der Waals surface area contributed by atoms with Gasteiger partial charge in [0.1, 0.15) is 11.4 Å². The van der Waals surface area contributed by atoms with Crippen LogP contribution in [0.4, 0.5) is 11.4 Å². The second kappa shape index (κ2) is 8.65. The van der Waals surface area contributed by atoms with Gasteiger partial charge in [0.05, 0.1) is 10.6 Å². The number of amides is 1. The van der Waals surface area contributed by atoms with Crippen molar-refractivity contribution in [3.05, 3.63) is 74.9 Å². The summed E-state index contributed by atoms with van der Waals surface area (Å²) in [6.45, 7) is 1.37. The first-order valence-corrected chi connectivity index (χ1v) is 9.21. The average Bonchev–Trinajstić information content (AvgIpc) is 3.19. The highest BCUT2D eigenvalue weighted by Gasteiger charge is 2.23. The SMILES string of the molecule is C[C@H](OC(=O)c1cc(-c2ccc(Br)cc2)n[nH]1)C(=O)Nc1ccccc1[N+](=O)[O-]. The number of benzene rings is 2. The first-order chi connectivity index (χ1) is 13.8. The van der Waals surface area contributed by atoms with Crippen LogP contribution in [0.1, 0.15) is 17.4 Å². The number of rotatable bonds is 6. The molecule has 3 aromatic rings. The van der Waals surface area contributed by atoms with E-state index in [-0.39, 0.29) is 17.1 Å². The molecule has 2 N–H and O–H groups in total. The molecule has 0 unspecified atom stereocenters. The van der Waals surface area contributed by atoms with Crippen molar-refractivity contribution in [1.82, 2.24) is 10.2 Å². The van der Waals surface area contributed by atoms with Gasteiger partial charge in [-0.15, -0.1) is 0 Å². The lowest BCUT2D eigenvalue weighted by molar-refractivity contribution is -0.383. The lowest BCUT2D eigenvalue weighted by atomic mass is 10.1. The molecule has 0 spiro atoms. The van der Waals surface area contributed by atoms with Crippen LogP contribution in [0.5, 0.6) is 0 Å². The summed E-state index contributed by atoms with van der Waals surface area (Å²) >= 11 is 3.35.